The highest BCUT2D eigenvalue weighted by atomic mass is 16.7. The second kappa shape index (κ2) is 4.83. The Labute approximate surface area is 107 Å². The zero-order valence-corrected chi connectivity index (χ0v) is 10.4. The summed E-state index contributed by atoms with van der Waals surface area (Å²) in [6.45, 7) is 2.67. The topological polar surface area (TPSA) is 18.5 Å². The van der Waals surface area contributed by atoms with E-state index in [1.807, 2.05) is 25.1 Å². The highest BCUT2D eigenvalue weighted by Crippen LogP contribution is 2.36. The molecule has 0 radical (unpaired) electrons. The summed E-state index contributed by atoms with van der Waals surface area (Å²) in [5.41, 5.74) is 3.73. The Balaban J connectivity index is 1.98. The standard InChI is InChI=1S/C16H16O2/c1-2-17-16-11-14-13(9-6-10-15(14)18-16)12-7-4-3-5-8-12/h3-10,16H,2,11H2,1H3. The van der Waals surface area contributed by atoms with E-state index >= 15 is 0 Å². The first-order chi connectivity index (χ1) is 8.88. The van der Waals surface area contributed by atoms with Crippen molar-refractivity contribution in [3.63, 3.8) is 0 Å². The summed E-state index contributed by atoms with van der Waals surface area (Å²) in [7, 11) is 0. The van der Waals surface area contributed by atoms with Gasteiger partial charge in [0.05, 0.1) is 0 Å². The summed E-state index contributed by atoms with van der Waals surface area (Å²) in [5.74, 6) is 0.954. The summed E-state index contributed by atoms with van der Waals surface area (Å²) >= 11 is 0. The van der Waals surface area contributed by atoms with Gasteiger partial charge in [0, 0.05) is 18.6 Å². The molecule has 1 atom stereocenters. The number of fused-ring (bicyclic) bond motifs is 1. The Kier molecular flexibility index (Phi) is 3.03. The van der Waals surface area contributed by atoms with E-state index in [0.717, 1.165) is 12.2 Å². The normalized spacial score (nSPS) is 17.3. The third-order valence-electron chi connectivity index (χ3n) is 3.20. The predicted octanol–water partition coefficient (Wildman–Crippen LogP) is 3.65. The van der Waals surface area contributed by atoms with Crippen molar-refractivity contribution in [2.24, 2.45) is 0 Å². The lowest BCUT2D eigenvalue weighted by Crippen LogP contribution is -2.17. The van der Waals surface area contributed by atoms with Crippen LogP contribution >= 0.6 is 0 Å². The molecule has 0 N–H and O–H groups in total. The van der Waals surface area contributed by atoms with Crippen molar-refractivity contribution in [1.29, 1.82) is 0 Å². The van der Waals surface area contributed by atoms with E-state index in [1.54, 1.807) is 0 Å². The second-order valence-corrected chi connectivity index (χ2v) is 4.36. The lowest BCUT2D eigenvalue weighted by molar-refractivity contribution is -0.0602. The molecule has 0 bridgehead atoms. The number of hydrogen-bond acceptors (Lipinski definition) is 2. The summed E-state index contributed by atoms with van der Waals surface area (Å²) in [5, 5.41) is 0. The molecular formula is C16H16O2. The van der Waals surface area contributed by atoms with E-state index in [9.17, 15) is 0 Å². The Morgan fingerprint density at radius 3 is 2.72 bits per heavy atom. The van der Waals surface area contributed by atoms with Gasteiger partial charge in [0.1, 0.15) is 5.75 Å². The Hall–Kier alpha value is -1.80. The Bertz CT molecular complexity index is 534. The van der Waals surface area contributed by atoms with Crippen LogP contribution in [0.2, 0.25) is 0 Å². The van der Waals surface area contributed by atoms with Crippen LogP contribution in [0.3, 0.4) is 0 Å². The molecule has 92 valence electrons. The Morgan fingerprint density at radius 1 is 1.11 bits per heavy atom. The minimum absolute atomic E-state index is 0.130. The zero-order chi connectivity index (χ0) is 12.4. The summed E-state index contributed by atoms with van der Waals surface area (Å²) in [6, 6.07) is 16.6. The first-order valence-electron chi connectivity index (χ1n) is 6.34. The van der Waals surface area contributed by atoms with Gasteiger partial charge in [-0.05, 0) is 24.1 Å². The van der Waals surface area contributed by atoms with Gasteiger partial charge in [-0.25, -0.2) is 0 Å². The minimum atomic E-state index is -0.130. The lowest BCUT2D eigenvalue weighted by Gasteiger charge is -2.08. The molecule has 1 aliphatic rings. The van der Waals surface area contributed by atoms with Gasteiger partial charge in [-0.3, -0.25) is 0 Å². The molecule has 0 aliphatic carbocycles. The van der Waals surface area contributed by atoms with Crippen LogP contribution in [0, 0.1) is 0 Å². The van der Waals surface area contributed by atoms with Gasteiger partial charge < -0.3 is 9.47 Å². The molecule has 0 fully saturated rings. The maximum absolute atomic E-state index is 5.79. The average Bonchev–Trinajstić information content (AvgIpc) is 2.82. The molecule has 2 heteroatoms. The van der Waals surface area contributed by atoms with Crippen molar-refractivity contribution in [1.82, 2.24) is 0 Å². The predicted molar refractivity (Wildman–Crippen MR) is 71.6 cm³/mol. The van der Waals surface area contributed by atoms with Crippen LogP contribution in [-0.4, -0.2) is 12.9 Å². The van der Waals surface area contributed by atoms with Gasteiger partial charge in [-0.2, -0.15) is 0 Å². The first-order valence-corrected chi connectivity index (χ1v) is 6.34. The van der Waals surface area contributed by atoms with E-state index in [1.165, 1.54) is 16.7 Å². The van der Waals surface area contributed by atoms with Gasteiger partial charge in [-0.1, -0.05) is 42.5 Å². The van der Waals surface area contributed by atoms with Crippen molar-refractivity contribution < 1.29 is 9.47 Å². The van der Waals surface area contributed by atoms with E-state index in [4.69, 9.17) is 9.47 Å². The van der Waals surface area contributed by atoms with Crippen LogP contribution in [0.1, 0.15) is 12.5 Å². The van der Waals surface area contributed by atoms with E-state index in [2.05, 4.69) is 30.3 Å². The molecule has 1 unspecified atom stereocenters. The van der Waals surface area contributed by atoms with Crippen molar-refractivity contribution in [2.45, 2.75) is 19.6 Å². The summed E-state index contributed by atoms with van der Waals surface area (Å²) in [4.78, 5) is 0. The number of rotatable bonds is 3. The second-order valence-electron chi connectivity index (χ2n) is 4.36. The molecule has 0 amide bonds. The van der Waals surface area contributed by atoms with Crippen molar-refractivity contribution in [3.8, 4) is 16.9 Å². The largest absolute Gasteiger partial charge is 0.464 e. The molecule has 3 rings (SSSR count). The quantitative estimate of drug-likeness (QED) is 0.815. The highest BCUT2D eigenvalue weighted by molar-refractivity contribution is 5.70. The lowest BCUT2D eigenvalue weighted by atomic mass is 9.98. The van der Waals surface area contributed by atoms with E-state index < -0.39 is 0 Å². The van der Waals surface area contributed by atoms with Crippen LogP contribution in [0.25, 0.3) is 11.1 Å². The first kappa shape index (κ1) is 11.3. The van der Waals surface area contributed by atoms with E-state index in [0.29, 0.717) is 6.61 Å². The van der Waals surface area contributed by atoms with Gasteiger partial charge in [-0.15, -0.1) is 0 Å². The molecule has 0 spiro atoms. The number of benzene rings is 2. The van der Waals surface area contributed by atoms with E-state index in [-0.39, 0.29) is 6.29 Å². The maximum atomic E-state index is 5.79. The molecule has 0 saturated carbocycles. The molecule has 2 aromatic carbocycles. The van der Waals surface area contributed by atoms with Gasteiger partial charge in [0.15, 0.2) is 0 Å². The zero-order valence-electron chi connectivity index (χ0n) is 10.4. The third kappa shape index (κ3) is 2.00. The summed E-state index contributed by atoms with van der Waals surface area (Å²) in [6.07, 6.45) is 0.698. The van der Waals surface area contributed by atoms with Crippen LogP contribution < -0.4 is 4.74 Å². The molecule has 18 heavy (non-hydrogen) atoms. The highest BCUT2D eigenvalue weighted by Gasteiger charge is 2.25. The fourth-order valence-corrected chi connectivity index (χ4v) is 2.40. The van der Waals surface area contributed by atoms with Gasteiger partial charge in [0.25, 0.3) is 0 Å². The molecule has 0 aromatic heterocycles. The Morgan fingerprint density at radius 2 is 1.94 bits per heavy atom. The molecule has 2 aromatic rings. The van der Waals surface area contributed by atoms with Crippen LogP contribution in [-0.2, 0) is 11.2 Å². The molecule has 1 aliphatic heterocycles. The van der Waals surface area contributed by atoms with Gasteiger partial charge in [0.2, 0.25) is 6.29 Å². The fourth-order valence-electron chi connectivity index (χ4n) is 2.40. The molecule has 0 saturated heterocycles. The molecule has 2 nitrogen and oxygen atoms in total. The molecule has 1 heterocycles. The van der Waals surface area contributed by atoms with Crippen LogP contribution in [0.4, 0.5) is 0 Å². The number of ether oxygens (including phenoxy) is 2. The smallest absolute Gasteiger partial charge is 0.204 e. The summed E-state index contributed by atoms with van der Waals surface area (Å²) < 4.78 is 11.3. The van der Waals surface area contributed by atoms with Crippen LogP contribution in [0.5, 0.6) is 5.75 Å². The maximum Gasteiger partial charge on any atom is 0.204 e. The number of hydrogen-bond donors (Lipinski definition) is 0. The van der Waals surface area contributed by atoms with Crippen molar-refractivity contribution in [3.05, 3.63) is 54.1 Å². The van der Waals surface area contributed by atoms with Crippen LogP contribution in [0.15, 0.2) is 48.5 Å². The fraction of sp³-hybridized carbons (Fsp3) is 0.250. The van der Waals surface area contributed by atoms with Gasteiger partial charge >= 0.3 is 0 Å². The van der Waals surface area contributed by atoms with Crippen molar-refractivity contribution in [2.75, 3.05) is 6.61 Å². The molecular weight excluding hydrogens is 224 g/mol. The minimum Gasteiger partial charge on any atom is -0.464 e. The van der Waals surface area contributed by atoms with Crippen molar-refractivity contribution >= 4 is 0 Å². The average molecular weight is 240 g/mol. The third-order valence-corrected chi connectivity index (χ3v) is 3.20. The SMILES string of the molecule is CCOC1Cc2c(cccc2-c2ccccc2)O1. The monoisotopic (exact) mass is 240 g/mol.